The van der Waals surface area contributed by atoms with E-state index in [-0.39, 0.29) is 16.5 Å². The second kappa shape index (κ2) is 5.29. The predicted molar refractivity (Wildman–Crippen MR) is 63.9 cm³/mol. The van der Waals surface area contributed by atoms with Crippen LogP contribution >= 0.6 is 11.6 Å². The summed E-state index contributed by atoms with van der Waals surface area (Å²) in [4.78, 5) is 0. The van der Waals surface area contributed by atoms with Crippen molar-refractivity contribution in [3.8, 4) is 0 Å². The van der Waals surface area contributed by atoms with Crippen molar-refractivity contribution in [2.45, 2.75) is 18.9 Å². The van der Waals surface area contributed by atoms with Crippen molar-refractivity contribution in [3.05, 3.63) is 34.4 Å². The fourth-order valence-electron chi connectivity index (χ4n) is 2.29. The molecule has 0 unspecified atom stereocenters. The molecule has 3 N–H and O–H groups in total. The molecule has 17 heavy (non-hydrogen) atoms. The lowest BCUT2D eigenvalue weighted by atomic mass is 9.86. The Labute approximate surface area is 104 Å². The van der Waals surface area contributed by atoms with Gasteiger partial charge in [-0.1, -0.05) is 11.6 Å². The highest BCUT2D eigenvalue weighted by Gasteiger charge is 2.27. The van der Waals surface area contributed by atoms with Crippen LogP contribution in [-0.2, 0) is 0 Å². The van der Waals surface area contributed by atoms with Gasteiger partial charge in [-0.3, -0.25) is 0 Å². The number of hydrogen-bond acceptors (Lipinski definition) is 2. The van der Waals surface area contributed by atoms with Gasteiger partial charge < -0.3 is 11.1 Å². The zero-order valence-corrected chi connectivity index (χ0v) is 10.1. The van der Waals surface area contributed by atoms with Crippen LogP contribution in [0.15, 0.2) is 12.1 Å². The van der Waals surface area contributed by atoms with Gasteiger partial charge in [-0.15, -0.1) is 0 Å². The highest BCUT2D eigenvalue weighted by molar-refractivity contribution is 6.31. The highest BCUT2D eigenvalue weighted by atomic mass is 35.5. The Morgan fingerprint density at radius 2 is 1.82 bits per heavy atom. The topological polar surface area (TPSA) is 38.0 Å². The third-order valence-electron chi connectivity index (χ3n) is 3.30. The van der Waals surface area contributed by atoms with Crippen molar-refractivity contribution in [2.24, 2.45) is 11.7 Å². The number of benzene rings is 1. The summed E-state index contributed by atoms with van der Waals surface area (Å²) in [5, 5.41) is 3.02. The average Bonchev–Trinajstić information content (AvgIpc) is 2.35. The molecule has 1 saturated heterocycles. The molecule has 2 nitrogen and oxygen atoms in total. The van der Waals surface area contributed by atoms with E-state index in [1.54, 1.807) is 0 Å². The normalized spacial score (nSPS) is 19.3. The van der Waals surface area contributed by atoms with Gasteiger partial charge in [0, 0.05) is 11.6 Å². The van der Waals surface area contributed by atoms with Crippen LogP contribution in [0, 0.1) is 17.6 Å². The Morgan fingerprint density at radius 3 is 2.47 bits per heavy atom. The Morgan fingerprint density at radius 1 is 1.24 bits per heavy atom. The zero-order valence-electron chi connectivity index (χ0n) is 9.35. The molecule has 0 aliphatic carbocycles. The molecule has 0 saturated carbocycles. The second-order valence-electron chi connectivity index (χ2n) is 4.37. The van der Waals surface area contributed by atoms with E-state index in [4.69, 9.17) is 17.3 Å². The third-order valence-corrected chi connectivity index (χ3v) is 3.69. The lowest BCUT2D eigenvalue weighted by Gasteiger charge is -2.29. The van der Waals surface area contributed by atoms with Crippen LogP contribution in [0.4, 0.5) is 8.78 Å². The molecule has 0 aromatic heterocycles. The lowest BCUT2D eigenvalue weighted by Crippen LogP contribution is -2.34. The summed E-state index contributed by atoms with van der Waals surface area (Å²) >= 11 is 5.80. The smallest absolute Gasteiger partial charge is 0.142 e. The van der Waals surface area contributed by atoms with Crippen molar-refractivity contribution >= 4 is 11.6 Å². The molecule has 94 valence electrons. The van der Waals surface area contributed by atoms with Gasteiger partial charge in [0.05, 0.1) is 5.02 Å². The molecule has 1 fully saturated rings. The molecule has 0 spiro atoms. The van der Waals surface area contributed by atoms with Crippen molar-refractivity contribution in [1.29, 1.82) is 0 Å². The van der Waals surface area contributed by atoms with E-state index in [9.17, 15) is 8.78 Å². The molecular formula is C12H15ClF2N2. The van der Waals surface area contributed by atoms with Crippen LogP contribution in [0.1, 0.15) is 24.4 Å². The number of nitrogens with one attached hydrogen (secondary N) is 1. The van der Waals surface area contributed by atoms with Crippen LogP contribution in [0.2, 0.25) is 5.02 Å². The van der Waals surface area contributed by atoms with Gasteiger partial charge in [-0.05, 0) is 44.0 Å². The quantitative estimate of drug-likeness (QED) is 0.803. The molecule has 1 aliphatic rings. The summed E-state index contributed by atoms with van der Waals surface area (Å²) in [6, 6.07) is 1.56. The van der Waals surface area contributed by atoms with Crippen LogP contribution in [-0.4, -0.2) is 13.1 Å². The van der Waals surface area contributed by atoms with E-state index >= 15 is 0 Å². The Kier molecular flexibility index (Phi) is 3.97. The Hall–Kier alpha value is -0.710. The molecule has 1 aliphatic heterocycles. The molecule has 0 bridgehead atoms. The molecule has 1 atom stereocenters. The van der Waals surface area contributed by atoms with Gasteiger partial charge in [0.15, 0.2) is 0 Å². The first-order valence-electron chi connectivity index (χ1n) is 5.71. The van der Waals surface area contributed by atoms with E-state index < -0.39 is 17.7 Å². The molecule has 1 heterocycles. The van der Waals surface area contributed by atoms with Crippen LogP contribution in [0.25, 0.3) is 0 Å². The molecule has 1 aromatic rings. The average molecular weight is 261 g/mol. The lowest BCUT2D eigenvalue weighted by molar-refractivity contribution is 0.316. The minimum absolute atomic E-state index is 0.110. The summed E-state index contributed by atoms with van der Waals surface area (Å²) in [6.45, 7) is 1.71. The monoisotopic (exact) mass is 260 g/mol. The first-order chi connectivity index (χ1) is 8.11. The first-order valence-corrected chi connectivity index (χ1v) is 6.08. The number of rotatable bonds is 2. The molecule has 1 aromatic carbocycles. The fraction of sp³-hybridized carbons (Fsp3) is 0.500. The molecule has 5 heteroatoms. The number of piperidine rings is 1. The number of hydrogen-bond donors (Lipinski definition) is 2. The number of nitrogens with two attached hydrogens (primary N) is 1. The van der Waals surface area contributed by atoms with Gasteiger partial charge in [-0.2, -0.15) is 0 Å². The summed E-state index contributed by atoms with van der Waals surface area (Å²) in [5.74, 6) is -1.00. The van der Waals surface area contributed by atoms with Crippen molar-refractivity contribution in [2.75, 3.05) is 13.1 Å². The maximum absolute atomic E-state index is 13.7. The standard InChI is InChI=1S/C12H15ClF2N2/c13-11-9(15)2-1-8(14)10(11)12(16)7-3-5-17-6-4-7/h1-2,7,12,17H,3-6,16H2/t12-/m1/s1. The first kappa shape index (κ1) is 12.7. The minimum Gasteiger partial charge on any atom is -0.324 e. The van der Waals surface area contributed by atoms with Crippen molar-refractivity contribution in [1.82, 2.24) is 5.32 Å². The minimum atomic E-state index is -0.618. The Balaban J connectivity index is 2.29. The van der Waals surface area contributed by atoms with Crippen LogP contribution in [0.5, 0.6) is 0 Å². The molecule has 0 amide bonds. The fourth-order valence-corrected chi connectivity index (χ4v) is 2.57. The Bertz CT molecular complexity index is 406. The maximum atomic E-state index is 13.7. The SMILES string of the molecule is N[C@@H](c1c(F)ccc(F)c1Cl)C1CCNCC1. The summed E-state index contributed by atoms with van der Waals surface area (Å²) in [6.07, 6.45) is 1.71. The van der Waals surface area contributed by atoms with E-state index in [1.807, 2.05) is 0 Å². The van der Waals surface area contributed by atoms with Gasteiger partial charge in [-0.25, -0.2) is 8.78 Å². The zero-order chi connectivity index (χ0) is 12.4. The summed E-state index contributed by atoms with van der Waals surface area (Å²) in [5.41, 5.74) is 6.13. The number of halogens is 3. The second-order valence-corrected chi connectivity index (χ2v) is 4.75. The summed E-state index contributed by atoms with van der Waals surface area (Å²) in [7, 11) is 0. The molecule has 0 radical (unpaired) electrons. The largest absolute Gasteiger partial charge is 0.324 e. The highest BCUT2D eigenvalue weighted by Crippen LogP contribution is 2.34. The van der Waals surface area contributed by atoms with Crippen LogP contribution < -0.4 is 11.1 Å². The van der Waals surface area contributed by atoms with Crippen molar-refractivity contribution < 1.29 is 8.78 Å². The van der Waals surface area contributed by atoms with Gasteiger partial charge >= 0.3 is 0 Å². The maximum Gasteiger partial charge on any atom is 0.142 e. The van der Waals surface area contributed by atoms with Gasteiger partial charge in [0.25, 0.3) is 0 Å². The van der Waals surface area contributed by atoms with E-state index in [0.717, 1.165) is 38.1 Å². The third kappa shape index (κ3) is 2.59. The predicted octanol–water partition coefficient (Wildman–Crippen LogP) is 2.62. The summed E-state index contributed by atoms with van der Waals surface area (Å²) < 4.78 is 27.0. The van der Waals surface area contributed by atoms with Crippen LogP contribution in [0.3, 0.4) is 0 Å². The van der Waals surface area contributed by atoms with Gasteiger partial charge in [0.1, 0.15) is 11.6 Å². The van der Waals surface area contributed by atoms with E-state index in [2.05, 4.69) is 5.32 Å². The van der Waals surface area contributed by atoms with Gasteiger partial charge in [0.2, 0.25) is 0 Å². The van der Waals surface area contributed by atoms with Crippen molar-refractivity contribution in [3.63, 3.8) is 0 Å². The van der Waals surface area contributed by atoms with E-state index in [0.29, 0.717) is 0 Å². The van der Waals surface area contributed by atoms with E-state index in [1.165, 1.54) is 0 Å². The molecule has 2 rings (SSSR count). The molecular weight excluding hydrogens is 246 g/mol.